The zero-order valence-corrected chi connectivity index (χ0v) is 16.4. The number of tetrazole rings is 1. The summed E-state index contributed by atoms with van der Waals surface area (Å²) in [4.78, 5) is 31.5. The third kappa shape index (κ3) is 4.43. The lowest BCUT2D eigenvalue weighted by Gasteiger charge is -2.39. The van der Waals surface area contributed by atoms with E-state index < -0.39 is 0 Å². The van der Waals surface area contributed by atoms with Gasteiger partial charge in [-0.25, -0.2) is 4.68 Å². The number of piperazine rings is 1. The monoisotopic (exact) mass is 393 g/mol. The standard InChI is InChI=1S/C17H27N7O2S/c25-16(11-24-13-18-19-20-24)22-6-8-23(9-7-22)17(26)14-1-4-21(5-2-14)15-3-10-27-12-15/h13-15H,1-12H2. The molecule has 0 aromatic carbocycles. The van der Waals surface area contributed by atoms with E-state index in [1.807, 2.05) is 16.7 Å². The van der Waals surface area contributed by atoms with Crippen molar-refractivity contribution < 1.29 is 9.59 Å². The average molecular weight is 394 g/mol. The van der Waals surface area contributed by atoms with Crippen LogP contribution in [-0.2, 0) is 16.1 Å². The van der Waals surface area contributed by atoms with Crippen LogP contribution < -0.4 is 0 Å². The molecule has 27 heavy (non-hydrogen) atoms. The van der Waals surface area contributed by atoms with Crippen LogP contribution in [0.1, 0.15) is 19.3 Å². The molecule has 0 bridgehead atoms. The second-order valence-corrected chi connectivity index (χ2v) is 8.69. The molecule has 0 saturated carbocycles. The summed E-state index contributed by atoms with van der Waals surface area (Å²) in [6, 6.07) is 0.723. The number of thioether (sulfide) groups is 1. The van der Waals surface area contributed by atoms with Crippen LogP contribution in [0.3, 0.4) is 0 Å². The minimum Gasteiger partial charge on any atom is -0.339 e. The number of aromatic nitrogens is 4. The number of amides is 2. The van der Waals surface area contributed by atoms with Gasteiger partial charge in [0.1, 0.15) is 12.9 Å². The van der Waals surface area contributed by atoms with E-state index in [0.29, 0.717) is 26.2 Å². The van der Waals surface area contributed by atoms with Gasteiger partial charge < -0.3 is 9.80 Å². The summed E-state index contributed by atoms with van der Waals surface area (Å²) >= 11 is 2.05. The van der Waals surface area contributed by atoms with Crippen molar-refractivity contribution in [3.63, 3.8) is 0 Å². The van der Waals surface area contributed by atoms with Crippen molar-refractivity contribution in [1.29, 1.82) is 0 Å². The lowest BCUT2D eigenvalue weighted by molar-refractivity contribution is -0.143. The zero-order valence-electron chi connectivity index (χ0n) is 15.6. The third-order valence-corrected chi connectivity index (χ3v) is 7.08. The summed E-state index contributed by atoms with van der Waals surface area (Å²) < 4.78 is 1.43. The molecule has 9 nitrogen and oxygen atoms in total. The van der Waals surface area contributed by atoms with Gasteiger partial charge in [-0.2, -0.15) is 11.8 Å². The van der Waals surface area contributed by atoms with Crippen LogP contribution in [0.25, 0.3) is 0 Å². The average Bonchev–Trinajstić information content (AvgIpc) is 3.42. The van der Waals surface area contributed by atoms with Crippen molar-refractivity contribution in [1.82, 2.24) is 34.9 Å². The van der Waals surface area contributed by atoms with Gasteiger partial charge >= 0.3 is 0 Å². The number of carbonyl (C=O) groups is 2. The summed E-state index contributed by atoms with van der Waals surface area (Å²) in [7, 11) is 0. The summed E-state index contributed by atoms with van der Waals surface area (Å²) in [5.41, 5.74) is 0. The van der Waals surface area contributed by atoms with Crippen molar-refractivity contribution >= 4 is 23.6 Å². The predicted molar refractivity (Wildman–Crippen MR) is 101 cm³/mol. The molecule has 0 radical (unpaired) electrons. The fraction of sp³-hybridized carbons (Fsp3) is 0.824. The summed E-state index contributed by atoms with van der Waals surface area (Å²) in [6.07, 6.45) is 4.68. The predicted octanol–water partition coefficient (Wildman–Crippen LogP) is -0.439. The van der Waals surface area contributed by atoms with Gasteiger partial charge in [-0.15, -0.1) is 5.10 Å². The van der Waals surface area contributed by atoms with E-state index in [9.17, 15) is 9.59 Å². The molecular weight excluding hydrogens is 366 g/mol. The van der Waals surface area contributed by atoms with Gasteiger partial charge in [0.05, 0.1) is 0 Å². The maximum atomic E-state index is 12.9. The quantitative estimate of drug-likeness (QED) is 0.685. The van der Waals surface area contributed by atoms with Crippen LogP contribution in [0.4, 0.5) is 0 Å². The molecule has 3 saturated heterocycles. The summed E-state index contributed by atoms with van der Waals surface area (Å²) in [6.45, 7) is 4.67. The number of hydrogen-bond donors (Lipinski definition) is 0. The Morgan fingerprint density at radius 2 is 1.74 bits per heavy atom. The van der Waals surface area contributed by atoms with Crippen molar-refractivity contribution in [2.75, 3.05) is 50.8 Å². The Bertz CT molecular complexity index is 634. The maximum Gasteiger partial charge on any atom is 0.244 e. The zero-order chi connectivity index (χ0) is 18.6. The van der Waals surface area contributed by atoms with Crippen LogP contribution in [0.15, 0.2) is 6.33 Å². The number of rotatable bonds is 4. The molecule has 1 unspecified atom stereocenters. The van der Waals surface area contributed by atoms with E-state index in [1.165, 1.54) is 28.9 Å². The Hall–Kier alpha value is -1.68. The molecule has 1 atom stereocenters. The van der Waals surface area contributed by atoms with Crippen molar-refractivity contribution in [3.8, 4) is 0 Å². The highest BCUT2D eigenvalue weighted by molar-refractivity contribution is 7.99. The van der Waals surface area contributed by atoms with Crippen molar-refractivity contribution in [3.05, 3.63) is 6.33 Å². The highest BCUT2D eigenvalue weighted by Gasteiger charge is 2.33. The largest absolute Gasteiger partial charge is 0.339 e. The molecule has 4 heterocycles. The first-order valence-electron chi connectivity index (χ1n) is 9.80. The Labute approximate surface area is 163 Å². The first-order valence-corrected chi connectivity index (χ1v) is 11.0. The molecule has 2 amide bonds. The van der Waals surface area contributed by atoms with Crippen LogP contribution in [0, 0.1) is 5.92 Å². The molecule has 1 aromatic heterocycles. The number of likely N-dealkylation sites (tertiary alicyclic amines) is 1. The van der Waals surface area contributed by atoms with Crippen LogP contribution in [0.2, 0.25) is 0 Å². The molecular formula is C17H27N7O2S. The molecule has 3 aliphatic heterocycles. The molecule has 3 fully saturated rings. The SMILES string of the molecule is O=C(Cn1cnnn1)N1CCN(C(=O)C2CCN(C3CCSC3)CC2)CC1. The third-order valence-electron chi connectivity index (χ3n) is 5.93. The lowest BCUT2D eigenvalue weighted by Crippen LogP contribution is -2.53. The van der Waals surface area contributed by atoms with Gasteiger partial charge in [0.15, 0.2) is 0 Å². The van der Waals surface area contributed by atoms with Gasteiger partial charge in [-0.05, 0) is 48.5 Å². The maximum absolute atomic E-state index is 12.9. The molecule has 3 aliphatic rings. The van der Waals surface area contributed by atoms with E-state index >= 15 is 0 Å². The molecule has 4 rings (SSSR count). The fourth-order valence-corrected chi connectivity index (χ4v) is 5.50. The molecule has 0 aliphatic carbocycles. The first-order chi connectivity index (χ1) is 13.2. The Morgan fingerprint density at radius 3 is 2.37 bits per heavy atom. The molecule has 0 spiro atoms. The Kier molecular flexibility index (Phi) is 5.92. The molecule has 10 heteroatoms. The van der Waals surface area contributed by atoms with Gasteiger partial charge in [0, 0.05) is 43.9 Å². The molecule has 0 N–H and O–H groups in total. The summed E-state index contributed by atoms with van der Waals surface area (Å²) in [5, 5.41) is 10.8. The Balaban J connectivity index is 1.21. The van der Waals surface area contributed by atoms with E-state index in [1.54, 1.807) is 4.90 Å². The topological polar surface area (TPSA) is 87.5 Å². The van der Waals surface area contributed by atoms with Crippen molar-refractivity contribution in [2.45, 2.75) is 31.8 Å². The van der Waals surface area contributed by atoms with E-state index in [0.717, 1.165) is 32.0 Å². The van der Waals surface area contributed by atoms with E-state index in [2.05, 4.69) is 20.4 Å². The number of piperidine rings is 1. The van der Waals surface area contributed by atoms with Crippen LogP contribution in [-0.4, -0.2) is 104 Å². The van der Waals surface area contributed by atoms with Gasteiger partial charge in [0.2, 0.25) is 11.8 Å². The van der Waals surface area contributed by atoms with Gasteiger partial charge in [-0.3, -0.25) is 14.5 Å². The van der Waals surface area contributed by atoms with Crippen LogP contribution in [0.5, 0.6) is 0 Å². The first kappa shape index (κ1) is 18.7. The number of nitrogens with zero attached hydrogens (tertiary/aromatic N) is 7. The highest BCUT2D eigenvalue weighted by atomic mass is 32.2. The number of carbonyl (C=O) groups excluding carboxylic acids is 2. The summed E-state index contributed by atoms with van der Waals surface area (Å²) in [5.74, 6) is 2.96. The van der Waals surface area contributed by atoms with Gasteiger partial charge in [0.25, 0.3) is 0 Å². The fourth-order valence-electron chi connectivity index (χ4n) is 4.25. The molecule has 1 aromatic rings. The minimum absolute atomic E-state index is 0.00265. The van der Waals surface area contributed by atoms with Gasteiger partial charge in [-0.1, -0.05) is 0 Å². The normalized spacial score (nSPS) is 25.1. The smallest absolute Gasteiger partial charge is 0.244 e. The van der Waals surface area contributed by atoms with E-state index in [-0.39, 0.29) is 24.3 Å². The molecule has 148 valence electrons. The Morgan fingerprint density at radius 1 is 1.00 bits per heavy atom. The minimum atomic E-state index is -0.00265. The van der Waals surface area contributed by atoms with Crippen LogP contribution >= 0.6 is 11.8 Å². The van der Waals surface area contributed by atoms with Crippen molar-refractivity contribution in [2.24, 2.45) is 5.92 Å². The second-order valence-electron chi connectivity index (χ2n) is 7.54. The second kappa shape index (κ2) is 8.55. The number of hydrogen-bond acceptors (Lipinski definition) is 7. The highest BCUT2D eigenvalue weighted by Crippen LogP contribution is 2.27. The lowest BCUT2D eigenvalue weighted by atomic mass is 9.94. The van der Waals surface area contributed by atoms with E-state index in [4.69, 9.17) is 0 Å².